The Balaban J connectivity index is 2.10. The molecule has 21 heavy (non-hydrogen) atoms. The highest BCUT2D eigenvalue weighted by Crippen LogP contribution is 2.36. The Bertz CT molecular complexity index is 492. The van der Waals surface area contributed by atoms with E-state index < -0.39 is 0 Å². The first kappa shape index (κ1) is 15.9. The van der Waals surface area contributed by atoms with Crippen LogP contribution in [0.2, 0.25) is 5.02 Å². The van der Waals surface area contributed by atoms with Gasteiger partial charge < -0.3 is 20.5 Å². The zero-order valence-electron chi connectivity index (χ0n) is 12.1. The zero-order chi connectivity index (χ0) is 15.2. The molecule has 2 amide bonds. The molecule has 1 heterocycles. The molecule has 0 aromatic heterocycles. The van der Waals surface area contributed by atoms with Crippen molar-refractivity contribution in [3.05, 3.63) is 28.8 Å². The van der Waals surface area contributed by atoms with Gasteiger partial charge in [0.1, 0.15) is 5.75 Å². The average molecular weight is 313 g/mol. The standard InChI is InChI=1S/C15H21ClN2O3/c1-2-10(9-19)17-15(20)18-13-7-4-8-21-14-11(13)5-3-6-12(14)16/h3,5-6,10,13,19H,2,4,7-9H2,1H3,(H2,17,18,20). The molecule has 0 spiro atoms. The Morgan fingerprint density at radius 1 is 1.57 bits per heavy atom. The molecule has 0 fully saturated rings. The van der Waals surface area contributed by atoms with Crippen molar-refractivity contribution in [1.82, 2.24) is 10.6 Å². The van der Waals surface area contributed by atoms with Crippen molar-refractivity contribution in [3.63, 3.8) is 0 Å². The first-order valence-corrected chi connectivity index (χ1v) is 7.62. The Kier molecular flexibility index (Phi) is 5.70. The van der Waals surface area contributed by atoms with Gasteiger partial charge in [0, 0.05) is 5.56 Å². The van der Waals surface area contributed by atoms with Crippen molar-refractivity contribution >= 4 is 17.6 Å². The lowest BCUT2D eigenvalue weighted by molar-refractivity contribution is 0.211. The number of amides is 2. The van der Waals surface area contributed by atoms with Gasteiger partial charge in [-0.05, 0) is 25.3 Å². The van der Waals surface area contributed by atoms with Crippen LogP contribution in [0, 0.1) is 0 Å². The molecule has 0 saturated heterocycles. The van der Waals surface area contributed by atoms with Crippen LogP contribution in [0.4, 0.5) is 4.79 Å². The molecular weight excluding hydrogens is 292 g/mol. The Morgan fingerprint density at radius 3 is 3.10 bits per heavy atom. The van der Waals surface area contributed by atoms with E-state index >= 15 is 0 Å². The van der Waals surface area contributed by atoms with Crippen LogP contribution in [-0.2, 0) is 0 Å². The quantitative estimate of drug-likeness (QED) is 0.800. The van der Waals surface area contributed by atoms with Gasteiger partial charge >= 0.3 is 6.03 Å². The number of urea groups is 1. The normalized spacial score (nSPS) is 18.9. The summed E-state index contributed by atoms with van der Waals surface area (Å²) in [6.45, 7) is 2.43. The number of aliphatic hydroxyl groups excluding tert-OH is 1. The largest absolute Gasteiger partial charge is 0.492 e. The van der Waals surface area contributed by atoms with Crippen molar-refractivity contribution < 1.29 is 14.6 Å². The van der Waals surface area contributed by atoms with Gasteiger partial charge in [-0.2, -0.15) is 0 Å². The summed E-state index contributed by atoms with van der Waals surface area (Å²) in [5.74, 6) is 0.649. The lowest BCUT2D eigenvalue weighted by Gasteiger charge is -2.21. The monoisotopic (exact) mass is 312 g/mol. The molecule has 3 N–H and O–H groups in total. The number of ether oxygens (including phenoxy) is 1. The summed E-state index contributed by atoms with van der Waals surface area (Å²) in [5.41, 5.74) is 0.896. The number of benzene rings is 1. The number of halogens is 1. The van der Waals surface area contributed by atoms with E-state index in [9.17, 15) is 4.79 Å². The van der Waals surface area contributed by atoms with E-state index in [1.807, 2.05) is 19.1 Å². The SMILES string of the molecule is CCC(CO)NC(=O)NC1CCCOc2c(Cl)cccc21. The van der Waals surface area contributed by atoms with Crippen molar-refractivity contribution in [2.45, 2.75) is 38.3 Å². The Labute approximate surface area is 129 Å². The first-order chi connectivity index (χ1) is 10.2. The maximum Gasteiger partial charge on any atom is 0.315 e. The van der Waals surface area contributed by atoms with Crippen molar-refractivity contribution in [3.8, 4) is 5.75 Å². The predicted molar refractivity (Wildman–Crippen MR) is 81.8 cm³/mol. The molecule has 2 rings (SSSR count). The number of hydrogen-bond donors (Lipinski definition) is 3. The number of fused-ring (bicyclic) bond motifs is 1. The van der Waals surface area contributed by atoms with Crippen LogP contribution in [-0.4, -0.2) is 30.4 Å². The molecule has 1 aromatic rings. The highest BCUT2D eigenvalue weighted by molar-refractivity contribution is 6.32. The summed E-state index contributed by atoms with van der Waals surface area (Å²) in [6, 6.07) is 4.89. The number of para-hydroxylation sites is 1. The van der Waals surface area contributed by atoms with E-state index in [-0.39, 0.29) is 24.7 Å². The van der Waals surface area contributed by atoms with Crippen molar-refractivity contribution in [1.29, 1.82) is 0 Å². The Morgan fingerprint density at radius 2 is 2.38 bits per heavy atom. The van der Waals surface area contributed by atoms with Gasteiger partial charge in [-0.1, -0.05) is 30.7 Å². The average Bonchev–Trinajstić information content (AvgIpc) is 2.68. The molecule has 2 unspecified atom stereocenters. The minimum Gasteiger partial charge on any atom is -0.492 e. The number of rotatable bonds is 4. The Hall–Kier alpha value is -1.46. The molecular formula is C15H21ClN2O3. The van der Waals surface area contributed by atoms with Gasteiger partial charge in [-0.3, -0.25) is 0 Å². The fraction of sp³-hybridized carbons (Fsp3) is 0.533. The maximum absolute atomic E-state index is 12.0. The summed E-state index contributed by atoms with van der Waals surface area (Å²) in [7, 11) is 0. The molecule has 0 aliphatic carbocycles. The highest BCUT2D eigenvalue weighted by atomic mass is 35.5. The molecule has 0 radical (unpaired) electrons. The number of carbonyl (C=O) groups is 1. The number of aliphatic hydroxyl groups is 1. The summed E-state index contributed by atoms with van der Waals surface area (Å²) < 4.78 is 5.67. The highest BCUT2D eigenvalue weighted by Gasteiger charge is 2.23. The fourth-order valence-electron chi connectivity index (χ4n) is 2.38. The van der Waals surface area contributed by atoms with Crippen LogP contribution in [0.25, 0.3) is 0 Å². The van der Waals surface area contributed by atoms with Crippen LogP contribution in [0.3, 0.4) is 0 Å². The van der Waals surface area contributed by atoms with E-state index in [2.05, 4.69) is 10.6 Å². The van der Waals surface area contributed by atoms with Gasteiger partial charge in [-0.25, -0.2) is 4.79 Å². The second-order valence-corrected chi connectivity index (χ2v) is 5.51. The molecule has 116 valence electrons. The molecule has 1 aromatic carbocycles. The van der Waals surface area contributed by atoms with E-state index in [1.54, 1.807) is 6.07 Å². The summed E-state index contributed by atoms with van der Waals surface area (Å²) >= 11 is 6.16. The van der Waals surface area contributed by atoms with Crippen LogP contribution < -0.4 is 15.4 Å². The molecule has 0 saturated carbocycles. The third-order valence-electron chi connectivity index (χ3n) is 3.61. The van der Waals surface area contributed by atoms with Crippen molar-refractivity contribution in [2.24, 2.45) is 0 Å². The van der Waals surface area contributed by atoms with Gasteiger partial charge in [0.15, 0.2) is 0 Å². The molecule has 1 aliphatic heterocycles. The van der Waals surface area contributed by atoms with Crippen LogP contribution >= 0.6 is 11.6 Å². The van der Waals surface area contributed by atoms with Crippen LogP contribution in [0.1, 0.15) is 37.8 Å². The first-order valence-electron chi connectivity index (χ1n) is 7.24. The lowest BCUT2D eigenvalue weighted by atomic mass is 10.0. The summed E-state index contributed by atoms with van der Waals surface area (Å²) in [5, 5.41) is 15.4. The third-order valence-corrected chi connectivity index (χ3v) is 3.91. The van der Waals surface area contributed by atoms with E-state index in [0.717, 1.165) is 18.4 Å². The van der Waals surface area contributed by atoms with Crippen LogP contribution in [0.5, 0.6) is 5.75 Å². The second kappa shape index (κ2) is 7.52. The van der Waals surface area contributed by atoms with Crippen LogP contribution in [0.15, 0.2) is 18.2 Å². The number of nitrogens with one attached hydrogen (secondary N) is 2. The maximum atomic E-state index is 12.0. The van der Waals surface area contributed by atoms with Gasteiger partial charge in [0.2, 0.25) is 0 Å². The van der Waals surface area contributed by atoms with Gasteiger partial charge in [-0.15, -0.1) is 0 Å². The molecule has 6 heteroatoms. The van der Waals surface area contributed by atoms with Gasteiger partial charge in [0.25, 0.3) is 0 Å². The van der Waals surface area contributed by atoms with E-state index in [1.165, 1.54) is 0 Å². The minimum atomic E-state index is -0.284. The number of carbonyl (C=O) groups excluding carboxylic acids is 1. The lowest BCUT2D eigenvalue weighted by Crippen LogP contribution is -2.44. The molecule has 1 aliphatic rings. The number of hydrogen-bond acceptors (Lipinski definition) is 3. The zero-order valence-corrected chi connectivity index (χ0v) is 12.8. The molecule has 0 bridgehead atoms. The van der Waals surface area contributed by atoms with Gasteiger partial charge in [0.05, 0.1) is 30.3 Å². The molecule has 2 atom stereocenters. The van der Waals surface area contributed by atoms with E-state index in [4.69, 9.17) is 21.4 Å². The third kappa shape index (κ3) is 4.02. The predicted octanol–water partition coefficient (Wildman–Crippen LogP) is 2.62. The minimum absolute atomic E-state index is 0.0693. The van der Waals surface area contributed by atoms with Crippen molar-refractivity contribution in [2.75, 3.05) is 13.2 Å². The summed E-state index contributed by atoms with van der Waals surface area (Å²) in [6.07, 6.45) is 2.31. The smallest absolute Gasteiger partial charge is 0.315 e. The fourth-order valence-corrected chi connectivity index (χ4v) is 2.62. The molecule has 5 nitrogen and oxygen atoms in total. The topological polar surface area (TPSA) is 70.6 Å². The summed E-state index contributed by atoms with van der Waals surface area (Å²) in [4.78, 5) is 12.0. The second-order valence-electron chi connectivity index (χ2n) is 5.11. The van der Waals surface area contributed by atoms with E-state index in [0.29, 0.717) is 23.8 Å².